The van der Waals surface area contributed by atoms with E-state index in [0.29, 0.717) is 23.5 Å². The third-order valence-electron chi connectivity index (χ3n) is 5.21. The van der Waals surface area contributed by atoms with Gasteiger partial charge in [-0.25, -0.2) is 8.42 Å². The molecule has 1 heterocycles. The maximum atomic E-state index is 13.4. The van der Waals surface area contributed by atoms with E-state index in [4.69, 9.17) is 14.2 Å². The van der Waals surface area contributed by atoms with Gasteiger partial charge >= 0.3 is 12.3 Å². The highest BCUT2D eigenvalue weighted by Gasteiger charge is 2.39. The minimum atomic E-state index is -4.90. The number of fused-ring (bicyclic) bond motifs is 1. The maximum absolute atomic E-state index is 13.4. The third kappa shape index (κ3) is 5.33. The Bertz CT molecular complexity index is 1120. The molecule has 1 aliphatic heterocycles. The van der Waals surface area contributed by atoms with Crippen molar-refractivity contribution in [1.82, 2.24) is 4.31 Å². The second-order valence-corrected chi connectivity index (χ2v) is 8.98. The zero-order chi connectivity index (χ0) is 24.4. The van der Waals surface area contributed by atoms with Gasteiger partial charge in [0.25, 0.3) is 0 Å². The average Bonchev–Trinajstić information content (AvgIpc) is 2.77. The standard InChI is InChI=1S/C21H22F3NO7S/c1-29-18-10-13-8-9-25(17(12-20(26)31-3)16(13)11-19(18)30-2)33(27,28)15-6-4-14(5-7-15)32-21(22,23)24/h4-7,10-11,17H,8-9,12H2,1-3H3. The van der Waals surface area contributed by atoms with Gasteiger partial charge in [0.2, 0.25) is 10.0 Å². The quantitative estimate of drug-likeness (QED) is 0.550. The van der Waals surface area contributed by atoms with E-state index in [1.165, 1.54) is 21.3 Å². The molecule has 0 amide bonds. The first-order valence-electron chi connectivity index (χ1n) is 9.69. The Balaban J connectivity index is 2.02. The number of sulfonamides is 1. The van der Waals surface area contributed by atoms with Crippen LogP contribution >= 0.6 is 0 Å². The molecule has 33 heavy (non-hydrogen) atoms. The van der Waals surface area contributed by atoms with E-state index >= 15 is 0 Å². The number of rotatable bonds is 7. The summed E-state index contributed by atoms with van der Waals surface area (Å²) in [6.45, 7) is 0.0350. The predicted molar refractivity (Wildman–Crippen MR) is 110 cm³/mol. The van der Waals surface area contributed by atoms with Crippen molar-refractivity contribution in [3.8, 4) is 17.2 Å². The SMILES string of the molecule is COC(=O)CC1c2cc(OC)c(OC)cc2CCN1S(=O)(=O)c1ccc(OC(F)(F)F)cc1. The smallest absolute Gasteiger partial charge is 0.493 e. The fraction of sp³-hybridized carbons (Fsp3) is 0.381. The summed E-state index contributed by atoms with van der Waals surface area (Å²) in [5.41, 5.74) is 1.33. The molecule has 180 valence electrons. The summed E-state index contributed by atoms with van der Waals surface area (Å²) >= 11 is 0. The van der Waals surface area contributed by atoms with E-state index in [0.717, 1.165) is 34.1 Å². The van der Waals surface area contributed by atoms with Crippen LogP contribution in [0.5, 0.6) is 17.2 Å². The number of carbonyl (C=O) groups excluding carboxylic acids is 1. The zero-order valence-corrected chi connectivity index (χ0v) is 18.8. The van der Waals surface area contributed by atoms with Gasteiger partial charge in [-0.2, -0.15) is 4.31 Å². The molecule has 1 atom stereocenters. The van der Waals surface area contributed by atoms with Crippen LogP contribution in [0.15, 0.2) is 41.3 Å². The van der Waals surface area contributed by atoms with Crippen molar-refractivity contribution in [2.24, 2.45) is 0 Å². The van der Waals surface area contributed by atoms with Crippen LogP contribution < -0.4 is 14.2 Å². The highest BCUT2D eigenvalue weighted by atomic mass is 32.2. The van der Waals surface area contributed by atoms with Gasteiger partial charge in [-0.05, 0) is 53.9 Å². The van der Waals surface area contributed by atoms with Crippen molar-refractivity contribution in [2.75, 3.05) is 27.9 Å². The van der Waals surface area contributed by atoms with Crippen molar-refractivity contribution in [3.05, 3.63) is 47.5 Å². The van der Waals surface area contributed by atoms with Crippen LogP contribution in [0.25, 0.3) is 0 Å². The second-order valence-electron chi connectivity index (χ2n) is 7.09. The minimum absolute atomic E-state index is 0.0350. The summed E-state index contributed by atoms with van der Waals surface area (Å²) in [6, 6.07) is 6.31. The molecule has 0 radical (unpaired) electrons. The number of hydrogen-bond acceptors (Lipinski definition) is 7. The van der Waals surface area contributed by atoms with Gasteiger partial charge in [0.15, 0.2) is 11.5 Å². The second kappa shape index (κ2) is 9.48. The van der Waals surface area contributed by atoms with Gasteiger partial charge in [-0.3, -0.25) is 4.79 Å². The molecule has 8 nitrogen and oxygen atoms in total. The molecule has 0 spiro atoms. The van der Waals surface area contributed by atoms with Crippen molar-refractivity contribution < 1.29 is 45.3 Å². The van der Waals surface area contributed by atoms with Gasteiger partial charge in [-0.1, -0.05) is 0 Å². The largest absolute Gasteiger partial charge is 0.573 e. The highest BCUT2D eigenvalue weighted by molar-refractivity contribution is 7.89. The number of alkyl halides is 3. The first-order valence-corrected chi connectivity index (χ1v) is 11.1. The summed E-state index contributed by atoms with van der Waals surface area (Å²) in [5, 5.41) is 0. The number of benzene rings is 2. The molecule has 0 saturated heterocycles. The van der Waals surface area contributed by atoms with Crippen LogP contribution in [0.4, 0.5) is 13.2 Å². The number of methoxy groups -OCH3 is 3. The van der Waals surface area contributed by atoms with Gasteiger partial charge in [0.05, 0.1) is 38.7 Å². The first kappa shape index (κ1) is 24.6. The molecule has 0 aromatic heterocycles. The zero-order valence-electron chi connectivity index (χ0n) is 18.0. The molecule has 2 aromatic rings. The lowest BCUT2D eigenvalue weighted by molar-refractivity contribution is -0.274. The fourth-order valence-corrected chi connectivity index (χ4v) is 5.30. The number of carbonyl (C=O) groups is 1. The predicted octanol–water partition coefficient (Wildman–Crippen LogP) is 3.45. The topological polar surface area (TPSA) is 91.4 Å². The van der Waals surface area contributed by atoms with Gasteiger partial charge in [0.1, 0.15) is 5.75 Å². The Morgan fingerprint density at radius 3 is 2.21 bits per heavy atom. The molecule has 0 N–H and O–H groups in total. The van der Waals surface area contributed by atoms with E-state index in [1.807, 2.05) is 0 Å². The van der Waals surface area contributed by atoms with Gasteiger partial charge in [0, 0.05) is 6.54 Å². The lowest BCUT2D eigenvalue weighted by atomic mass is 9.91. The van der Waals surface area contributed by atoms with E-state index in [-0.39, 0.29) is 17.9 Å². The monoisotopic (exact) mass is 489 g/mol. The van der Waals surface area contributed by atoms with Crippen LogP contribution in [0.1, 0.15) is 23.6 Å². The fourth-order valence-electron chi connectivity index (χ4n) is 3.69. The lowest BCUT2D eigenvalue weighted by Gasteiger charge is -2.36. The van der Waals surface area contributed by atoms with Gasteiger partial charge in [-0.15, -0.1) is 13.2 Å². The lowest BCUT2D eigenvalue weighted by Crippen LogP contribution is -2.41. The number of halogens is 3. The summed E-state index contributed by atoms with van der Waals surface area (Å²) in [4.78, 5) is 11.9. The minimum Gasteiger partial charge on any atom is -0.493 e. The van der Waals surface area contributed by atoms with Crippen LogP contribution in [0.3, 0.4) is 0 Å². The molecule has 0 fully saturated rings. The molecule has 0 bridgehead atoms. The number of ether oxygens (including phenoxy) is 4. The maximum Gasteiger partial charge on any atom is 0.573 e. The molecule has 12 heteroatoms. The van der Waals surface area contributed by atoms with Crippen LogP contribution in [-0.4, -0.2) is 52.9 Å². The highest BCUT2D eigenvalue weighted by Crippen LogP contribution is 2.41. The van der Waals surface area contributed by atoms with Gasteiger partial charge < -0.3 is 18.9 Å². The molecule has 1 aliphatic rings. The van der Waals surface area contributed by atoms with Crippen molar-refractivity contribution in [3.63, 3.8) is 0 Å². The van der Waals surface area contributed by atoms with Crippen molar-refractivity contribution >= 4 is 16.0 Å². The summed E-state index contributed by atoms with van der Waals surface area (Å²) < 4.78 is 84.4. The number of esters is 1. The van der Waals surface area contributed by atoms with E-state index in [1.54, 1.807) is 12.1 Å². The van der Waals surface area contributed by atoms with Crippen LogP contribution in [0.2, 0.25) is 0 Å². The normalized spacial score (nSPS) is 16.6. The van der Waals surface area contributed by atoms with Crippen LogP contribution in [-0.2, 0) is 26.0 Å². The van der Waals surface area contributed by atoms with Crippen molar-refractivity contribution in [2.45, 2.75) is 30.1 Å². The van der Waals surface area contributed by atoms with E-state index < -0.39 is 34.1 Å². The molecule has 2 aromatic carbocycles. The molecular formula is C21H22F3NO7S. The Kier molecular flexibility index (Phi) is 7.08. The van der Waals surface area contributed by atoms with Crippen molar-refractivity contribution in [1.29, 1.82) is 0 Å². The summed E-state index contributed by atoms with van der Waals surface area (Å²) in [6.07, 6.45) is -4.85. The third-order valence-corrected chi connectivity index (χ3v) is 7.13. The molecule has 1 unspecified atom stereocenters. The van der Waals surface area contributed by atoms with E-state index in [9.17, 15) is 26.4 Å². The molecule has 0 saturated carbocycles. The first-order chi connectivity index (χ1) is 15.5. The summed E-state index contributed by atoms with van der Waals surface area (Å²) in [5.74, 6) is -0.353. The number of nitrogens with zero attached hydrogens (tertiary/aromatic N) is 1. The number of hydrogen-bond donors (Lipinski definition) is 0. The van der Waals surface area contributed by atoms with Crippen LogP contribution in [0, 0.1) is 0 Å². The molecule has 3 rings (SSSR count). The Labute approximate surface area is 188 Å². The average molecular weight is 489 g/mol. The Morgan fingerprint density at radius 2 is 1.67 bits per heavy atom. The van der Waals surface area contributed by atoms with E-state index in [2.05, 4.69) is 4.74 Å². The Hall–Kier alpha value is -2.99. The molecular weight excluding hydrogens is 467 g/mol. The summed E-state index contributed by atoms with van der Waals surface area (Å²) in [7, 11) is -0.0873. The Morgan fingerprint density at radius 1 is 1.06 bits per heavy atom. The molecule has 0 aliphatic carbocycles.